The fraction of sp³-hybridized carbons (Fsp3) is 0.667. The lowest BCUT2D eigenvalue weighted by Crippen LogP contribution is -2.49. The lowest BCUT2D eigenvalue weighted by molar-refractivity contribution is 0.0961. The Bertz CT molecular complexity index is 464. The molecule has 116 valence electrons. The summed E-state index contributed by atoms with van der Waals surface area (Å²) in [5.41, 5.74) is 4.68. The van der Waals surface area contributed by atoms with Crippen molar-refractivity contribution >= 4 is 0 Å². The topological polar surface area (TPSA) is 18.5 Å². The van der Waals surface area contributed by atoms with Gasteiger partial charge in [-0.1, -0.05) is 25.1 Å². The van der Waals surface area contributed by atoms with Crippen LogP contribution in [0.1, 0.15) is 37.0 Å². The Labute approximate surface area is 129 Å². The van der Waals surface area contributed by atoms with Gasteiger partial charge < -0.3 is 5.32 Å². The number of fused-ring (bicyclic) bond motifs is 1. The van der Waals surface area contributed by atoms with Gasteiger partial charge >= 0.3 is 0 Å². The predicted octanol–water partition coefficient (Wildman–Crippen LogP) is 2.25. The van der Waals surface area contributed by atoms with Crippen LogP contribution in [0.5, 0.6) is 0 Å². The molecular weight excluding hydrogens is 258 g/mol. The summed E-state index contributed by atoms with van der Waals surface area (Å²) in [6.07, 6.45) is 2.46. The van der Waals surface area contributed by atoms with E-state index in [0.29, 0.717) is 0 Å². The van der Waals surface area contributed by atoms with E-state index >= 15 is 0 Å². The van der Waals surface area contributed by atoms with Crippen molar-refractivity contribution in [2.75, 3.05) is 32.7 Å². The molecule has 1 unspecified atom stereocenters. The summed E-state index contributed by atoms with van der Waals surface area (Å²) in [6.45, 7) is 12.8. The Morgan fingerprint density at radius 2 is 2.00 bits per heavy atom. The molecule has 1 atom stereocenters. The SMILES string of the molecule is CCC(C)N1CCN(Cc2cccc3c2CCNC3)CC1. The number of benzene rings is 1. The lowest BCUT2D eigenvalue weighted by atomic mass is 9.95. The second-order valence-electron chi connectivity index (χ2n) is 6.55. The first kappa shape index (κ1) is 15.0. The first-order valence-corrected chi connectivity index (χ1v) is 8.54. The third kappa shape index (κ3) is 3.47. The smallest absolute Gasteiger partial charge is 0.0237 e. The summed E-state index contributed by atoms with van der Waals surface area (Å²) in [6, 6.07) is 7.59. The maximum atomic E-state index is 3.48. The lowest BCUT2D eigenvalue weighted by Gasteiger charge is -2.38. The summed E-state index contributed by atoms with van der Waals surface area (Å²) in [4.78, 5) is 5.28. The molecule has 3 heteroatoms. The van der Waals surface area contributed by atoms with E-state index in [9.17, 15) is 0 Å². The van der Waals surface area contributed by atoms with Crippen LogP contribution in [0.25, 0.3) is 0 Å². The van der Waals surface area contributed by atoms with Crippen LogP contribution in [0.2, 0.25) is 0 Å². The number of piperazine rings is 1. The third-order valence-corrected chi connectivity index (χ3v) is 5.25. The zero-order chi connectivity index (χ0) is 14.7. The summed E-state index contributed by atoms with van der Waals surface area (Å²) in [5.74, 6) is 0. The molecule has 1 saturated heterocycles. The first-order chi connectivity index (χ1) is 10.3. The molecule has 3 nitrogen and oxygen atoms in total. The van der Waals surface area contributed by atoms with Gasteiger partial charge in [0.05, 0.1) is 0 Å². The predicted molar refractivity (Wildman–Crippen MR) is 88.5 cm³/mol. The molecule has 0 radical (unpaired) electrons. The molecule has 3 rings (SSSR count). The average molecular weight is 287 g/mol. The molecule has 1 N–H and O–H groups in total. The van der Waals surface area contributed by atoms with Crippen molar-refractivity contribution in [3.63, 3.8) is 0 Å². The van der Waals surface area contributed by atoms with E-state index in [4.69, 9.17) is 0 Å². The highest BCUT2D eigenvalue weighted by atomic mass is 15.3. The Balaban J connectivity index is 1.61. The van der Waals surface area contributed by atoms with Crippen LogP contribution in [0, 0.1) is 0 Å². The van der Waals surface area contributed by atoms with Crippen molar-refractivity contribution in [3.8, 4) is 0 Å². The van der Waals surface area contributed by atoms with E-state index in [2.05, 4.69) is 47.2 Å². The van der Waals surface area contributed by atoms with Crippen molar-refractivity contribution in [1.29, 1.82) is 0 Å². The molecule has 1 aromatic carbocycles. The van der Waals surface area contributed by atoms with E-state index in [-0.39, 0.29) is 0 Å². The second kappa shape index (κ2) is 6.91. The summed E-state index contributed by atoms with van der Waals surface area (Å²) >= 11 is 0. The molecule has 0 spiro atoms. The van der Waals surface area contributed by atoms with Gasteiger partial charge in [0, 0.05) is 45.3 Å². The van der Waals surface area contributed by atoms with E-state index in [1.807, 2.05) is 0 Å². The van der Waals surface area contributed by atoms with Gasteiger partial charge in [-0.2, -0.15) is 0 Å². The highest BCUT2D eigenvalue weighted by molar-refractivity contribution is 5.37. The quantitative estimate of drug-likeness (QED) is 0.916. The Hall–Kier alpha value is -0.900. The van der Waals surface area contributed by atoms with Crippen LogP contribution in [0.3, 0.4) is 0 Å². The molecule has 21 heavy (non-hydrogen) atoms. The molecule has 2 aliphatic rings. The molecule has 2 heterocycles. The van der Waals surface area contributed by atoms with Gasteiger partial charge in [0.1, 0.15) is 0 Å². The van der Waals surface area contributed by atoms with Crippen molar-refractivity contribution in [2.24, 2.45) is 0 Å². The highest BCUT2D eigenvalue weighted by Gasteiger charge is 2.21. The molecular formula is C18H29N3. The molecule has 1 aromatic rings. The highest BCUT2D eigenvalue weighted by Crippen LogP contribution is 2.21. The fourth-order valence-electron chi connectivity index (χ4n) is 3.62. The van der Waals surface area contributed by atoms with Gasteiger partial charge in [-0.05, 0) is 43.0 Å². The molecule has 0 bridgehead atoms. The molecule has 1 fully saturated rings. The first-order valence-electron chi connectivity index (χ1n) is 8.54. The minimum atomic E-state index is 0.739. The van der Waals surface area contributed by atoms with Gasteiger partial charge in [0.25, 0.3) is 0 Å². The van der Waals surface area contributed by atoms with Crippen LogP contribution >= 0.6 is 0 Å². The molecule has 2 aliphatic heterocycles. The largest absolute Gasteiger partial charge is 0.312 e. The minimum Gasteiger partial charge on any atom is -0.312 e. The normalized spacial score (nSPS) is 22.0. The average Bonchev–Trinajstić information content (AvgIpc) is 2.55. The van der Waals surface area contributed by atoms with Crippen LogP contribution < -0.4 is 5.32 Å². The zero-order valence-corrected chi connectivity index (χ0v) is 13.6. The van der Waals surface area contributed by atoms with Crippen molar-refractivity contribution < 1.29 is 0 Å². The second-order valence-corrected chi connectivity index (χ2v) is 6.55. The van der Waals surface area contributed by atoms with Gasteiger partial charge in [0.15, 0.2) is 0 Å². The van der Waals surface area contributed by atoms with Gasteiger partial charge in [-0.3, -0.25) is 9.80 Å². The van der Waals surface area contributed by atoms with Crippen LogP contribution in [0.15, 0.2) is 18.2 Å². The summed E-state index contributed by atoms with van der Waals surface area (Å²) in [5, 5.41) is 3.48. The van der Waals surface area contributed by atoms with Crippen LogP contribution in [-0.2, 0) is 19.5 Å². The molecule has 0 aromatic heterocycles. The van der Waals surface area contributed by atoms with Crippen molar-refractivity contribution in [2.45, 2.75) is 45.8 Å². The van der Waals surface area contributed by atoms with Crippen LogP contribution in [-0.4, -0.2) is 48.6 Å². The maximum Gasteiger partial charge on any atom is 0.0237 e. The zero-order valence-electron chi connectivity index (χ0n) is 13.6. The Kier molecular flexibility index (Phi) is 4.94. The molecule has 0 aliphatic carbocycles. The van der Waals surface area contributed by atoms with Crippen LogP contribution in [0.4, 0.5) is 0 Å². The number of nitrogens with one attached hydrogen (secondary N) is 1. The van der Waals surface area contributed by atoms with Gasteiger partial charge in [0.2, 0.25) is 0 Å². The standard InChI is InChI=1S/C18H29N3/c1-3-15(2)21-11-9-20(10-12-21)14-17-6-4-5-16-13-19-8-7-18(16)17/h4-6,15,19H,3,7-14H2,1-2H3. The number of rotatable bonds is 4. The van der Waals surface area contributed by atoms with E-state index < -0.39 is 0 Å². The Morgan fingerprint density at radius 1 is 1.19 bits per heavy atom. The van der Waals surface area contributed by atoms with E-state index in [1.165, 1.54) is 44.6 Å². The van der Waals surface area contributed by atoms with Gasteiger partial charge in [-0.25, -0.2) is 0 Å². The number of nitrogens with zero attached hydrogens (tertiary/aromatic N) is 2. The van der Waals surface area contributed by atoms with Crippen molar-refractivity contribution in [1.82, 2.24) is 15.1 Å². The third-order valence-electron chi connectivity index (χ3n) is 5.25. The summed E-state index contributed by atoms with van der Waals surface area (Å²) < 4.78 is 0. The number of hydrogen-bond acceptors (Lipinski definition) is 3. The monoisotopic (exact) mass is 287 g/mol. The molecule has 0 amide bonds. The van der Waals surface area contributed by atoms with Crippen molar-refractivity contribution in [3.05, 3.63) is 34.9 Å². The van der Waals surface area contributed by atoms with Gasteiger partial charge in [-0.15, -0.1) is 0 Å². The fourth-order valence-corrected chi connectivity index (χ4v) is 3.62. The maximum absolute atomic E-state index is 3.48. The minimum absolute atomic E-state index is 0.739. The van der Waals surface area contributed by atoms with E-state index in [0.717, 1.165) is 25.7 Å². The summed E-state index contributed by atoms with van der Waals surface area (Å²) in [7, 11) is 0. The Morgan fingerprint density at radius 3 is 2.76 bits per heavy atom. The molecule has 0 saturated carbocycles. The number of hydrogen-bond donors (Lipinski definition) is 1. The van der Waals surface area contributed by atoms with E-state index in [1.54, 1.807) is 11.1 Å².